The van der Waals surface area contributed by atoms with Crippen LogP contribution in [0.25, 0.3) is 0 Å². The van der Waals surface area contributed by atoms with Crippen molar-refractivity contribution < 1.29 is 14.5 Å². The van der Waals surface area contributed by atoms with Crippen LogP contribution in [0, 0.1) is 10.1 Å². The van der Waals surface area contributed by atoms with Gasteiger partial charge in [-0.2, -0.15) is 0 Å². The topological polar surface area (TPSA) is 101 Å². The molecule has 3 aromatic rings. The molecule has 0 saturated heterocycles. The Balaban J connectivity index is 1.63. The Morgan fingerprint density at radius 2 is 1.62 bits per heavy atom. The van der Waals surface area contributed by atoms with E-state index in [1.807, 2.05) is 43.3 Å². The molecule has 176 valence electrons. The molecule has 1 unspecified atom stereocenters. The van der Waals surface area contributed by atoms with Gasteiger partial charge in [0, 0.05) is 34.0 Å². The van der Waals surface area contributed by atoms with Crippen molar-refractivity contribution in [2.45, 2.75) is 43.3 Å². The van der Waals surface area contributed by atoms with Gasteiger partial charge in [0.25, 0.3) is 11.6 Å². The van der Waals surface area contributed by atoms with Gasteiger partial charge in [0.15, 0.2) is 0 Å². The second-order valence-electron chi connectivity index (χ2n) is 8.07. The van der Waals surface area contributed by atoms with Crippen LogP contribution in [-0.4, -0.2) is 22.0 Å². The van der Waals surface area contributed by atoms with Crippen molar-refractivity contribution in [2.75, 3.05) is 10.6 Å². The van der Waals surface area contributed by atoms with Crippen molar-refractivity contribution >= 4 is 40.6 Å². The number of nitro groups is 1. The maximum atomic E-state index is 12.8. The summed E-state index contributed by atoms with van der Waals surface area (Å²) < 4.78 is 0. The van der Waals surface area contributed by atoms with Crippen LogP contribution in [0.15, 0.2) is 77.7 Å². The van der Waals surface area contributed by atoms with E-state index < -0.39 is 4.92 Å². The number of anilines is 2. The summed E-state index contributed by atoms with van der Waals surface area (Å²) in [5.74, 6) is -0.0198. The van der Waals surface area contributed by atoms with E-state index in [4.69, 9.17) is 0 Å². The van der Waals surface area contributed by atoms with Crippen LogP contribution in [0.2, 0.25) is 0 Å². The van der Waals surface area contributed by atoms with Crippen molar-refractivity contribution in [3.05, 3.63) is 94.0 Å². The Bertz CT molecular complexity index is 1160. The van der Waals surface area contributed by atoms with Crippen LogP contribution in [0.5, 0.6) is 0 Å². The largest absolute Gasteiger partial charge is 0.325 e. The molecule has 0 bridgehead atoms. The molecule has 0 saturated carbocycles. The average molecular weight is 478 g/mol. The van der Waals surface area contributed by atoms with Crippen molar-refractivity contribution in [3.63, 3.8) is 0 Å². The molecular formula is C26H27N3O4S. The van der Waals surface area contributed by atoms with E-state index in [-0.39, 0.29) is 22.8 Å². The van der Waals surface area contributed by atoms with E-state index >= 15 is 0 Å². The summed E-state index contributed by atoms with van der Waals surface area (Å²) >= 11 is 1.43. The Labute approximate surface area is 203 Å². The first-order valence-electron chi connectivity index (χ1n) is 11.0. The second kappa shape index (κ2) is 11.5. The Hall–Kier alpha value is -3.65. The number of hydrogen-bond acceptors (Lipinski definition) is 5. The molecule has 0 aliphatic carbocycles. The zero-order valence-electron chi connectivity index (χ0n) is 19.3. The normalized spacial score (nSPS) is 11.6. The van der Waals surface area contributed by atoms with Gasteiger partial charge in [-0.05, 0) is 60.4 Å². The molecule has 0 heterocycles. The summed E-state index contributed by atoms with van der Waals surface area (Å²) in [6.07, 6.45) is 0.639. The van der Waals surface area contributed by atoms with Gasteiger partial charge in [-0.15, -0.1) is 11.8 Å². The fourth-order valence-electron chi connectivity index (χ4n) is 3.25. The quantitative estimate of drug-likeness (QED) is 0.209. The van der Waals surface area contributed by atoms with Gasteiger partial charge in [-0.1, -0.05) is 39.0 Å². The van der Waals surface area contributed by atoms with Gasteiger partial charge in [0.2, 0.25) is 5.91 Å². The highest BCUT2D eigenvalue weighted by Crippen LogP contribution is 2.29. The summed E-state index contributed by atoms with van der Waals surface area (Å²) in [6.45, 7) is 6.21. The molecule has 3 rings (SSSR count). The van der Waals surface area contributed by atoms with E-state index in [1.165, 1.54) is 41.6 Å². The second-order valence-corrected chi connectivity index (χ2v) is 9.34. The lowest BCUT2D eigenvalue weighted by Gasteiger charge is -2.16. The SMILES string of the molecule is CCC(Sc1cccc(NC(=O)c2ccc([N+](=O)[O-])cc2)c1)C(=O)Nc1ccc(C(C)C)cc1. The lowest BCUT2D eigenvalue weighted by atomic mass is 10.0. The maximum Gasteiger partial charge on any atom is 0.269 e. The van der Waals surface area contributed by atoms with Crippen molar-refractivity contribution in [1.82, 2.24) is 0 Å². The molecular weight excluding hydrogens is 450 g/mol. The fourth-order valence-corrected chi connectivity index (χ4v) is 4.26. The third-order valence-electron chi connectivity index (χ3n) is 5.22. The Kier molecular flexibility index (Phi) is 8.43. The van der Waals surface area contributed by atoms with Crippen LogP contribution in [-0.2, 0) is 4.79 Å². The number of amides is 2. The number of hydrogen-bond donors (Lipinski definition) is 2. The predicted molar refractivity (Wildman–Crippen MR) is 137 cm³/mol. The van der Waals surface area contributed by atoms with Gasteiger partial charge in [-0.25, -0.2) is 0 Å². The van der Waals surface area contributed by atoms with Gasteiger partial charge in [0.05, 0.1) is 10.2 Å². The molecule has 0 aliphatic rings. The van der Waals surface area contributed by atoms with Crippen LogP contribution >= 0.6 is 11.8 Å². The molecule has 1 atom stereocenters. The monoisotopic (exact) mass is 477 g/mol. The number of carbonyl (C=O) groups is 2. The number of nitro benzene ring substituents is 1. The number of rotatable bonds is 9. The number of nitrogens with zero attached hydrogens (tertiary/aromatic N) is 1. The fraction of sp³-hybridized carbons (Fsp3) is 0.231. The van der Waals surface area contributed by atoms with Crippen molar-refractivity contribution in [1.29, 1.82) is 0 Å². The molecule has 3 aromatic carbocycles. The zero-order chi connectivity index (χ0) is 24.7. The highest BCUT2D eigenvalue weighted by Gasteiger charge is 2.19. The van der Waals surface area contributed by atoms with Gasteiger partial charge in [-0.3, -0.25) is 19.7 Å². The van der Waals surface area contributed by atoms with E-state index in [1.54, 1.807) is 12.1 Å². The van der Waals surface area contributed by atoms with Crippen LogP contribution in [0.1, 0.15) is 49.0 Å². The molecule has 8 heteroatoms. The summed E-state index contributed by atoms with van der Waals surface area (Å²) in [5.41, 5.74) is 2.80. The summed E-state index contributed by atoms with van der Waals surface area (Å²) in [4.78, 5) is 36.5. The number of nitrogens with one attached hydrogen (secondary N) is 2. The van der Waals surface area contributed by atoms with Crippen LogP contribution < -0.4 is 10.6 Å². The Morgan fingerprint density at radius 3 is 2.21 bits per heavy atom. The molecule has 0 aliphatic heterocycles. The number of non-ortho nitro benzene ring substituents is 1. The first-order chi connectivity index (χ1) is 16.3. The third-order valence-corrected chi connectivity index (χ3v) is 6.58. The van der Waals surface area contributed by atoms with Crippen molar-refractivity contribution in [3.8, 4) is 0 Å². The molecule has 0 aromatic heterocycles. The van der Waals surface area contributed by atoms with E-state index in [0.29, 0.717) is 23.6 Å². The van der Waals surface area contributed by atoms with Crippen LogP contribution in [0.4, 0.5) is 17.1 Å². The smallest absolute Gasteiger partial charge is 0.269 e. The molecule has 0 spiro atoms. The van der Waals surface area contributed by atoms with E-state index in [9.17, 15) is 19.7 Å². The standard InChI is InChI=1S/C26H27N3O4S/c1-4-24(26(31)27-20-12-8-18(9-13-20)17(2)3)34-23-7-5-6-21(16-23)28-25(30)19-10-14-22(15-11-19)29(32)33/h5-17,24H,4H2,1-3H3,(H,27,31)(H,28,30). The van der Waals surface area contributed by atoms with Gasteiger partial charge < -0.3 is 10.6 Å². The molecule has 7 nitrogen and oxygen atoms in total. The predicted octanol–water partition coefficient (Wildman–Crippen LogP) is 6.48. The molecule has 34 heavy (non-hydrogen) atoms. The van der Waals surface area contributed by atoms with Gasteiger partial charge in [0.1, 0.15) is 0 Å². The minimum Gasteiger partial charge on any atom is -0.325 e. The highest BCUT2D eigenvalue weighted by molar-refractivity contribution is 8.00. The number of thioether (sulfide) groups is 1. The maximum absolute atomic E-state index is 12.8. The summed E-state index contributed by atoms with van der Waals surface area (Å²) in [7, 11) is 0. The van der Waals surface area contributed by atoms with Gasteiger partial charge >= 0.3 is 0 Å². The van der Waals surface area contributed by atoms with E-state index in [2.05, 4.69) is 24.5 Å². The zero-order valence-corrected chi connectivity index (χ0v) is 20.1. The highest BCUT2D eigenvalue weighted by atomic mass is 32.2. The molecule has 0 fully saturated rings. The number of carbonyl (C=O) groups excluding carboxylic acids is 2. The summed E-state index contributed by atoms with van der Waals surface area (Å²) in [6, 6.07) is 20.5. The first kappa shape index (κ1) is 25.0. The third kappa shape index (κ3) is 6.68. The van der Waals surface area contributed by atoms with Crippen LogP contribution in [0.3, 0.4) is 0 Å². The first-order valence-corrected chi connectivity index (χ1v) is 11.9. The minimum atomic E-state index is -0.511. The molecule has 2 amide bonds. The lowest BCUT2D eigenvalue weighted by molar-refractivity contribution is -0.384. The lowest BCUT2D eigenvalue weighted by Crippen LogP contribution is -2.24. The molecule has 0 radical (unpaired) electrons. The Morgan fingerprint density at radius 1 is 0.941 bits per heavy atom. The van der Waals surface area contributed by atoms with E-state index in [0.717, 1.165) is 10.6 Å². The average Bonchev–Trinajstić information content (AvgIpc) is 2.83. The minimum absolute atomic E-state index is 0.0744. The summed E-state index contributed by atoms with van der Waals surface area (Å²) in [5, 5.41) is 16.3. The molecule has 2 N–H and O–H groups in total. The van der Waals surface area contributed by atoms with Crippen molar-refractivity contribution in [2.24, 2.45) is 0 Å². The number of benzene rings is 3.